The summed E-state index contributed by atoms with van der Waals surface area (Å²) in [5, 5.41) is 3.57. The van der Waals surface area contributed by atoms with Crippen molar-refractivity contribution in [3.63, 3.8) is 0 Å². The second-order valence-corrected chi connectivity index (χ2v) is 7.32. The van der Waals surface area contributed by atoms with Crippen molar-refractivity contribution in [2.24, 2.45) is 0 Å². The van der Waals surface area contributed by atoms with E-state index in [2.05, 4.69) is 52.1 Å². The predicted molar refractivity (Wildman–Crippen MR) is 87.8 cm³/mol. The quantitative estimate of drug-likeness (QED) is 0.817. The molecule has 3 nitrogen and oxygen atoms in total. The van der Waals surface area contributed by atoms with E-state index in [-0.39, 0.29) is 11.5 Å². The topological polar surface area (TPSA) is 34.1 Å². The van der Waals surface area contributed by atoms with Crippen LogP contribution in [0.3, 0.4) is 0 Å². The van der Waals surface area contributed by atoms with Gasteiger partial charge in [0.25, 0.3) is 0 Å². The molecule has 21 heavy (non-hydrogen) atoms. The zero-order chi connectivity index (χ0) is 15.5. The van der Waals surface area contributed by atoms with Gasteiger partial charge in [0.15, 0.2) is 0 Å². The van der Waals surface area contributed by atoms with Gasteiger partial charge in [-0.3, -0.25) is 0 Å². The lowest BCUT2D eigenvalue weighted by Gasteiger charge is -2.21. The first-order valence-corrected chi connectivity index (χ1v) is 8.30. The van der Waals surface area contributed by atoms with E-state index >= 15 is 0 Å². The molecule has 1 atom stereocenters. The molecule has 0 bridgehead atoms. The Morgan fingerprint density at radius 2 is 2.05 bits per heavy atom. The Morgan fingerprint density at radius 3 is 2.62 bits per heavy atom. The SMILES string of the molecule is CCCC(C)Oc1cc(CNC2CC2)cc(C(C)(C)C)n1. The maximum absolute atomic E-state index is 6.01. The van der Waals surface area contributed by atoms with Crippen LogP contribution in [-0.4, -0.2) is 17.1 Å². The third kappa shape index (κ3) is 5.31. The molecular formula is C18H30N2O. The van der Waals surface area contributed by atoms with Crippen molar-refractivity contribution in [3.8, 4) is 5.88 Å². The van der Waals surface area contributed by atoms with Gasteiger partial charge in [0.2, 0.25) is 5.88 Å². The van der Waals surface area contributed by atoms with E-state index in [1.807, 2.05) is 0 Å². The largest absolute Gasteiger partial charge is 0.475 e. The molecule has 0 aromatic carbocycles. The number of pyridine rings is 1. The predicted octanol–water partition coefficient (Wildman–Crippen LogP) is 4.20. The summed E-state index contributed by atoms with van der Waals surface area (Å²) in [6.07, 6.45) is 5.05. The molecule has 118 valence electrons. The standard InChI is InChI=1S/C18H30N2O/c1-6-7-13(2)21-17-11-14(12-19-15-8-9-15)10-16(20-17)18(3,4)5/h10-11,13,15,19H,6-9,12H2,1-5H3. The van der Waals surface area contributed by atoms with Gasteiger partial charge in [-0.1, -0.05) is 34.1 Å². The monoisotopic (exact) mass is 290 g/mol. The smallest absolute Gasteiger partial charge is 0.214 e. The van der Waals surface area contributed by atoms with Crippen LogP contribution in [-0.2, 0) is 12.0 Å². The van der Waals surface area contributed by atoms with Crippen LogP contribution in [0.4, 0.5) is 0 Å². The Labute approximate surface area is 129 Å². The van der Waals surface area contributed by atoms with Crippen molar-refractivity contribution in [2.45, 2.75) is 84.4 Å². The van der Waals surface area contributed by atoms with Crippen molar-refractivity contribution in [2.75, 3.05) is 0 Å². The average molecular weight is 290 g/mol. The maximum Gasteiger partial charge on any atom is 0.214 e. The molecule has 0 spiro atoms. The third-order valence-corrected chi connectivity index (χ3v) is 3.82. The normalized spacial score (nSPS) is 16.8. The number of hydrogen-bond donors (Lipinski definition) is 1. The number of hydrogen-bond acceptors (Lipinski definition) is 3. The van der Waals surface area contributed by atoms with Crippen LogP contribution in [0.5, 0.6) is 5.88 Å². The molecule has 1 heterocycles. The van der Waals surface area contributed by atoms with E-state index in [1.165, 1.54) is 18.4 Å². The highest BCUT2D eigenvalue weighted by Crippen LogP contribution is 2.26. The van der Waals surface area contributed by atoms with Crippen molar-refractivity contribution in [3.05, 3.63) is 23.4 Å². The van der Waals surface area contributed by atoms with E-state index in [4.69, 9.17) is 9.72 Å². The van der Waals surface area contributed by atoms with E-state index < -0.39 is 0 Å². The lowest BCUT2D eigenvalue weighted by molar-refractivity contribution is 0.200. The summed E-state index contributed by atoms with van der Waals surface area (Å²) < 4.78 is 6.01. The van der Waals surface area contributed by atoms with Crippen LogP contribution in [0, 0.1) is 0 Å². The van der Waals surface area contributed by atoms with Gasteiger partial charge in [-0.25, -0.2) is 4.98 Å². The van der Waals surface area contributed by atoms with Crippen LogP contribution < -0.4 is 10.1 Å². The summed E-state index contributed by atoms with van der Waals surface area (Å²) in [6.45, 7) is 11.8. The van der Waals surface area contributed by atoms with Gasteiger partial charge in [0.05, 0.1) is 11.8 Å². The summed E-state index contributed by atoms with van der Waals surface area (Å²) in [4.78, 5) is 4.72. The molecule has 0 radical (unpaired) electrons. The minimum Gasteiger partial charge on any atom is -0.475 e. The van der Waals surface area contributed by atoms with E-state index in [0.29, 0.717) is 0 Å². The summed E-state index contributed by atoms with van der Waals surface area (Å²) in [5.41, 5.74) is 2.43. The fourth-order valence-electron chi connectivity index (χ4n) is 2.33. The minimum absolute atomic E-state index is 0.0433. The van der Waals surface area contributed by atoms with E-state index in [0.717, 1.165) is 37.0 Å². The first kappa shape index (κ1) is 16.3. The van der Waals surface area contributed by atoms with Crippen LogP contribution in [0.2, 0.25) is 0 Å². The zero-order valence-electron chi connectivity index (χ0n) is 14.2. The molecule has 1 aromatic heterocycles. The van der Waals surface area contributed by atoms with Crippen LogP contribution in [0.1, 0.15) is 71.6 Å². The second-order valence-electron chi connectivity index (χ2n) is 7.32. The molecule has 1 aliphatic rings. The zero-order valence-corrected chi connectivity index (χ0v) is 14.2. The average Bonchev–Trinajstić information content (AvgIpc) is 3.19. The van der Waals surface area contributed by atoms with Gasteiger partial charge in [-0.15, -0.1) is 0 Å². The van der Waals surface area contributed by atoms with Gasteiger partial charge < -0.3 is 10.1 Å². The first-order valence-electron chi connectivity index (χ1n) is 8.30. The highest BCUT2D eigenvalue weighted by Gasteiger charge is 2.22. The summed E-state index contributed by atoms with van der Waals surface area (Å²) >= 11 is 0. The van der Waals surface area contributed by atoms with Gasteiger partial charge >= 0.3 is 0 Å². The van der Waals surface area contributed by atoms with Crippen molar-refractivity contribution in [1.82, 2.24) is 10.3 Å². The molecule has 0 amide bonds. The molecule has 1 aliphatic carbocycles. The fourth-order valence-corrected chi connectivity index (χ4v) is 2.33. The lowest BCUT2D eigenvalue weighted by atomic mass is 9.91. The Morgan fingerprint density at radius 1 is 1.33 bits per heavy atom. The van der Waals surface area contributed by atoms with E-state index in [1.54, 1.807) is 0 Å². The maximum atomic E-state index is 6.01. The third-order valence-electron chi connectivity index (χ3n) is 3.82. The Kier molecular flexibility index (Phi) is 5.26. The summed E-state index contributed by atoms with van der Waals surface area (Å²) in [6, 6.07) is 5.03. The number of rotatable bonds is 7. The number of nitrogens with one attached hydrogen (secondary N) is 1. The molecule has 1 fully saturated rings. The summed E-state index contributed by atoms with van der Waals surface area (Å²) in [5.74, 6) is 0.774. The highest BCUT2D eigenvalue weighted by atomic mass is 16.5. The van der Waals surface area contributed by atoms with Gasteiger partial charge in [0, 0.05) is 24.1 Å². The molecule has 1 saturated carbocycles. The van der Waals surface area contributed by atoms with Crippen molar-refractivity contribution in [1.29, 1.82) is 0 Å². The molecule has 0 aliphatic heterocycles. The molecule has 1 N–H and O–H groups in total. The second kappa shape index (κ2) is 6.78. The fraction of sp³-hybridized carbons (Fsp3) is 0.722. The van der Waals surface area contributed by atoms with Gasteiger partial charge in [-0.2, -0.15) is 0 Å². The number of nitrogens with zero attached hydrogens (tertiary/aromatic N) is 1. The van der Waals surface area contributed by atoms with Crippen LogP contribution in [0.15, 0.2) is 12.1 Å². The Bertz CT molecular complexity index is 461. The van der Waals surface area contributed by atoms with Gasteiger partial charge in [0.1, 0.15) is 0 Å². The summed E-state index contributed by atoms with van der Waals surface area (Å²) in [7, 11) is 0. The first-order chi connectivity index (χ1) is 9.88. The van der Waals surface area contributed by atoms with Crippen molar-refractivity contribution >= 4 is 0 Å². The van der Waals surface area contributed by atoms with Gasteiger partial charge in [-0.05, 0) is 37.8 Å². The molecule has 1 aromatic rings. The number of aromatic nitrogens is 1. The lowest BCUT2D eigenvalue weighted by Crippen LogP contribution is -2.20. The molecule has 3 heteroatoms. The molecule has 1 unspecified atom stereocenters. The molecule has 2 rings (SSSR count). The number of ether oxygens (including phenoxy) is 1. The highest BCUT2D eigenvalue weighted by molar-refractivity contribution is 5.29. The van der Waals surface area contributed by atoms with E-state index in [9.17, 15) is 0 Å². The van der Waals surface area contributed by atoms with Crippen LogP contribution in [0.25, 0.3) is 0 Å². The van der Waals surface area contributed by atoms with Crippen LogP contribution >= 0.6 is 0 Å². The minimum atomic E-state index is 0.0433. The molecule has 0 saturated heterocycles. The van der Waals surface area contributed by atoms with Crippen molar-refractivity contribution < 1.29 is 4.74 Å². The Balaban J connectivity index is 2.14. The molecular weight excluding hydrogens is 260 g/mol. The Hall–Kier alpha value is -1.09.